The van der Waals surface area contributed by atoms with Gasteiger partial charge in [-0.2, -0.15) is 0 Å². The number of ether oxygens (including phenoxy) is 1. The van der Waals surface area contributed by atoms with E-state index in [2.05, 4.69) is 0 Å². The largest absolute Gasteiger partial charge is 0.393 e. The summed E-state index contributed by atoms with van der Waals surface area (Å²) in [5.74, 6) is -0.477. The molecule has 16 heavy (non-hydrogen) atoms. The molecular formula is C11H11Cl2FO2. The minimum atomic E-state index is -0.477. The number of hydrogen-bond acceptors (Lipinski definition) is 2. The Balaban J connectivity index is 2.32. The monoisotopic (exact) mass is 264 g/mol. The zero-order chi connectivity index (χ0) is 11.7. The van der Waals surface area contributed by atoms with Gasteiger partial charge in [0.1, 0.15) is 5.82 Å². The number of aliphatic hydroxyl groups excluding tert-OH is 1. The van der Waals surface area contributed by atoms with Crippen LogP contribution in [-0.4, -0.2) is 17.8 Å². The summed E-state index contributed by atoms with van der Waals surface area (Å²) in [6, 6.07) is 2.40. The van der Waals surface area contributed by atoms with Crippen molar-refractivity contribution in [1.29, 1.82) is 0 Å². The predicted octanol–water partition coefficient (Wildman–Crippen LogP) is 3.34. The second kappa shape index (κ2) is 4.88. The van der Waals surface area contributed by atoms with E-state index < -0.39 is 11.9 Å². The minimum absolute atomic E-state index is 0.240. The highest BCUT2D eigenvalue weighted by Gasteiger charge is 2.26. The van der Waals surface area contributed by atoms with E-state index in [0.29, 0.717) is 25.0 Å². The van der Waals surface area contributed by atoms with Crippen LogP contribution >= 0.6 is 23.2 Å². The Kier molecular flexibility index (Phi) is 3.70. The molecule has 2 unspecified atom stereocenters. The molecule has 1 aromatic carbocycles. The molecule has 1 aliphatic heterocycles. The van der Waals surface area contributed by atoms with Crippen molar-refractivity contribution in [3.63, 3.8) is 0 Å². The zero-order valence-electron chi connectivity index (χ0n) is 8.42. The van der Waals surface area contributed by atoms with Gasteiger partial charge in [-0.15, -0.1) is 0 Å². The third-order valence-electron chi connectivity index (χ3n) is 2.62. The lowest BCUT2D eigenvalue weighted by molar-refractivity contribution is -0.0447. The van der Waals surface area contributed by atoms with E-state index >= 15 is 0 Å². The van der Waals surface area contributed by atoms with Gasteiger partial charge >= 0.3 is 0 Å². The minimum Gasteiger partial charge on any atom is -0.393 e. The summed E-state index contributed by atoms with van der Waals surface area (Å²) in [6.07, 6.45) is 0.262. The number of rotatable bonds is 1. The maximum atomic E-state index is 13.0. The first-order chi connectivity index (χ1) is 7.58. The molecule has 1 aromatic rings. The highest BCUT2D eigenvalue weighted by atomic mass is 35.5. The van der Waals surface area contributed by atoms with E-state index in [-0.39, 0.29) is 16.1 Å². The van der Waals surface area contributed by atoms with Crippen molar-refractivity contribution in [2.45, 2.75) is 25.0 Å². The molecule has 2 nitrogen and oxygen atoms in total. The molecule has 1 saturated heterocycles. The molecule has 5 heteroatoms. The molecule has 1 fully saturated rings. The molecule has 0 aliphatic carbocycles. The quantitative estimate of drug-likeness (QED) is 0.843. The van der Waals surface area contributed by atoms with Crippen molar-refractivity contribution >= 4 is 23.2 Å². The van der Waals surface area contributed by atoms with Crippen molar-refractivity contribution in [2.24, 2.45) is 0 Å². The van der Waals surface area contributed by atoms with Gasteiger partial charge in [0.2, 0.25) is 0 Å². The molecular weight excluding hydrogens is 254 g/mol. The maximum absolute atomic E-state index is 13.0. The Hall–Kier alpha value is -0.350. The first-order valence-corrected chi connectivity index (χ1v) is 5.77. The molecule has 0 spiro atoms. The molecule has 88 valence electrons. The van der Waals surface area contributed by atoms with Gasteiger partial charge in [0, 0.05) is 18.6 Å². The highest BCUT2D eigenvalue weighted by molar-refractivity contribution is 6.36. The normalized spacial score (nSPS) is 25.8. The average Bonchev–Trinajstić information content (AvgIpc) is 2.15. The lowest BCUT2D eigenvalue weighted by atomic mass is 9.99. The van der Waals surface area contributed by atoms with Crippen LogP contribution < -0.4 is 0 Å². The van der Waals surface area contributed by atoms with E-state index in [9.17, 15) is 9.50 Å². The second-order valence-electron chi connectivity index (χ2n) is 3.82. The van der Waals surface area contributed by atoms with Crippen LogP contribution in [0.2, 0.25) is 10.0 Å². The van der Waals surface area contributed by atoms with E-state index in [0.717, 1.165) is 0 Å². The fourth-order valence-electron chi connectivity index (χ4n) is 1.84. The van der Waals surface area contributed by atoms with E-state index in [1.807, 2.05) is 0 Å². The number of hydrogen-bond donors (Lipinski definition) is 1. The van der Waals surface area contributed by atoms with Crippen LogP contribution in [0.3, 0.4) is 0 Å². The highest BCUT2D eigenvalue weighted by Crippen LogP contribution is 2.37. The van der Waals surface area contributed by atoms with Crippen molar-refractivity contribution in [3.8, 4) is 0 Å². The molecule has 1 aliphatic rings. The summed E-state index contributed by atoms with van der Waals surface area (Å²) in [6.45, 7) is 0.454. The third-order valence-corrected chi connectivity index (χ3v) is 3.25. The van der Waals surface area contributed by atoms with Gasteiger partial charge in [-0.3, -0.25) is 0 Å². The molecule has 0 amide bonds. The molecule has 1 heterocycles. The topological polar surface area (TPSA) is 29.5 Å². The van der Waals surface area contributed by atoms with Crippen molar-refractivity contribution in [3.05, 3.63) is 33.6 Å². The Morgan fingerprint density at radius 3 is 2.50 bits per heavy atom. The van der Waals surface area contributed by atoms with Gasteiger partial charge < -0.3 is 9.84 Å². The molecule has 0 aromatic heterocycles. The summed E-state index contributed by atoms with van der Waals surface area (Å²) in [5, 5.41) is 10.0. The van der Waals surface area contributed by atoms with Crippen LogP contribution in [0, 0.1) is 5.82 Å². The van der Waals surface area contributed by atoms with Crippen molar-refractivity contribution < 1.29 is 14.2 Å². The van der Waals surface area contributed by atoms with Crippen molar-refractivity contribution in [1.82, 2.24) is 0 Å². The van der Waals surface area contributed by atoms with Gasteiger partial charge in [-0.1, -0.05) is 23.2 Å². The number of benzene rings is 1. The zero-order valence-corrected chi connectivity index (χ0v) is 9.93. The Labute approximate surface area is 103 Å². The summed E-state index contributed by atoms with van der Waals surface area (Å²) in [4.78, 5) is 0. The lowest BCUT2D eigenvalue weighted by Crippen LogP contribution is -2.23. The van der Waals surface area contributed by atoms with Gasteiger partial charge in [0.05, 0.1) is 22.3 Å². The molecule has 0 saturated carbocycles. The molecule has 1 N–H and O–H groups in total. The summed E-state index contributed by atoms with van der Waals surface area (Å²) in [7, 11) is 0. The first kappa shape index (κ1) is 12.1. The standard InChI is InChI=1S/C11H11Cl2FO2/c12-8-3-6(14)4-9(13)11(8)10-5-7(15)1-2-16-10/h3-4,7,10,15H,1-2,5H2. The Morgan fingerprint density at radius 1 is 1.31 bits per heavy atom. The smallest absolute Gasteiger partial charge is 0.126 e. The van der Waals surface area contributed by atoms with Gasteiger partial charge in [0.25, 0.3) is 0 Å². The summed E-state index contributed by atoms with van der Waals surface area (Å²) >= 11 is 11.9. The molecule has 2 atom stereocenters. The van der Waals surface area contributed by atoms with Crippen LogP contribution in [0.5, 0.6) is 0 Å². The predicted molar refractivity (Wildman–Crippen MR) is 60.4 cm³/mol. The lowest BCUT2D eigenvalue weighted by Gasteiger charge is -2.28. The molecule has 2 rings (SSSR count). The number of aliphatic hydroxyl groups is 1. The second-order valence-corrected chi connectivity index (χ2v) is 4.64. The van der Waals surface area contributed by atoms with Crippen LogP contribution in [0.1, 0.15) is 24.5 Å². The summed E-state index contributed by atoms with van der Waals surface area (Å²) in [5.41, 5.74) is 0.559. The van der Waals surface area contributed by atoms with Crippen LogP contribution in [0.4, 0.5) is 4.39 Å². The Bertz CT molecular complexity index is 375. The fraction of sp³-hybridized carbons (Fsp3) is 0.455. The van der Waals surface area contributed by atoms with Gasteiger partial charge in [-0.05, 0) is 18.6 Å². The molecule has 0 bridgehead atoms. The van der Waals surface area contributed by atoms with Crippen LogP contribution in [0.25, 0.3) is 0 Å². The Morgan fingerprint density at radius 2 is 1.94 bits per heavy atom. The van der Waals surface area contributed by atoms with E-state index in [1.54, 1.807) is 0 Å². The maximum Gasteiger partial charge on any atom is 0.126 e. The first-order valence-electron chi connectivity index (χ1n) is 5.02. The van der Waals surface area contributed by atoms with E-state index in [1.165, 1.54) is 12.1 Å². The third kappa shape index (κ3) is 2.48. The van der Waals surface area contributed by atoms with Gasteiger partial charge in [0.15, 0.2) is 0 Å². The summed E-state index contributed by atoms with van der Waals surface area (Å²) < 4.78 is 18.5. The van der Waals surface area contributed by atoms with E-state index in [4.69, 9.17) is 27.9 Å². The van der Waals surface area contributed by atoms with Crippen LogP contribution in [-0.2, 0) is 4.74 Å². The van der Waals surface area contributed by atoms with Crippen LogP contribution in [0.15, 0.2) is 12.1 Å². The SMILES string of the molecule is OC1CCOC(c2c(Cl)cc(F)cc2Cl)C1. The average molecular weight is 265 g/mol. The fourth-order valence-corrected chi connectivity index (χ4v) is 2.55. The van der Waals surface area contributed by atoms with Crippen molar-refractivity contribution in [2.75, 3.05) is 6.61 Å². The molecule has 0 radical (unpaired) electrons. The number of halogens is 3. The van der Waals surface area contributed by atoms with Gasteiger partial charge in [-0.25, -0.2) is 4.39 Å².